The van der Waals surface area contributed by atoms with Crippen LogP contribution in [-0.2, 0) is 0 Å². The van der Waals surface area contributed by atoms with Gasteiger partial charge in [0.15, 0.2) is 0 Å². The zero-order valence-electron chi connectivity index (χ0n) is 8.08. The monoisotopic (exact) mass is 197 g/mol. The molecule has 0 bridgehead atoms. The molecule has 0 aliphatic rings. The molecule has 0 atom stereocenters. The van der Waals surface area contributed by atoms with E-state index in [-0.39, 0.29) is 11.9 Å². The van der Waals surface area contributed by atoms with Crippen molar-refractivity contribution in [1.29, 1.82) is 0 Å². The van der Waals surface area contributed by atoms with Gasteiger partial charge in [-0.25, -0.2) is 9.18 Å². The van der Waals surface area contributed by atoms with E-state index in [1.54, 1.807) is 0 Å². The van der Waals surface area contributed by atoms with Gasteiger partial charge >= 0.3 is 6.09 Å². The molecule has 76 valence electrons. The summed E-state index contributed by atoms with van der Waals surface area (Å²) in [4.78, 5) is 11.1. The van der Waals surface area contributed by atoms with E-state index in [4.69, 9.17) is 4.74 Å². The number of rotatable bonds is 2. The predicted molar refractivity (Wildman–Crippen MR) is 50.7 cm³/mol. The molecule has 0 aromatic heterocycles. The van der Waals surface area contributed by atoms with Crippen LogP contribution in [0.3, 0.4) is 0 Å². The normalized spacial score (nSPS) is 10.0. The van der Waals surface area contributed by atoms with Crippen LogP contribution >= 0.6 is 0 Å². The number of carbonyl (C=O) groups is 1. The lowest BCUT2D eigenvalue weighted by Gasteiger charge is -2.08. The Morgan fingerprint density at radius 1 is 1.36 bits per heavy atom. The molecule has 0 aliphatic heterocycles. The molecule has 0 heterocycles. The SMILES string of the molecule is CC(C)NC(=O)Oc1ccc(F)cc1. The molecule has 1 aromatic carbocycles. The summed E-state index contributed by atoms with van der Waals surface area (Å²) >= 11 is 0. The minimum Gasteiger partial charge on any atom is -0.410 e. The van der Waals surface area contributed by atoms with Crippen LogP contribution in [0.5, 0.6) is 5.75 Å². The molecular formula is C10H12FNO2. The molecule has 1 amide bonds. The number of halogens is 1. The number of hydrogen-bond acceptors (Lipinski definition) is 2. The van der Waals surface area contributed by atoms with E-state index in [1.807, 2.05) is 13.8 Å². The van der Waals surface area contributed by atoms with Crippen molar-refractivity contribution in [1.82, 2.24) is 5.32 Å². The van der Waals surface area contributed by atoms with Gasteiger partial charge in [0.2, 0.25) is 0 Å². The maximum Gasteiger partial charge on any atom is 0.412 e. The Labute approximate surface area is 81.9 Å². The summed E-state index contributed by atoms with van der Waals surface area (Å²) in [6.07, 6.45) is -0.536. The smallest absolute Gasteiger partial charge is 0.410 e. The third-order valence-electron chi connectivity index (χ3n) is 1.43. The standard InChI is InChI=1S/C10H12FNO2/c1-7(2)12-10(13)14-9-5-3-8(11)4-6-9/h3-7H,1-2H3,(H,12,13). The first-order valence-corrected chi connectivity index (χ1v) is 4.32. The van der Waals surface area contributed by atoms with E-state index in [0.717, 1.165) is 0 Å². The van der Waals surface area contributed by atoms with Gasteiger partial charge < -0.3 is 10.1 Å². The van der Waals surface area contributed by atoms with Crippen molar-refractivity contribution in [2.45, 2.75) is 19.9 Å². The van der Waals surface area contributed by atoms with Crippen molar-refractivity contribution in [2.75, 3.05) is 0 Å². The molecule has 1 aromatic rings. The molecule has 14 heavy (non-hydrogen) atoms. The van der Waals surface area contributed by atoms with E-state index < -0.39 is 6.09 Å². The van der Waals surface area contributed by atoms with Crippen molar-refractivity contribution in [3.8, 4) is 5.75 Å². The average molecular weight is 197 g/mol. The lowest BCUT2D eigenvalue weighted by atomic mass is 10.3. The summed E-state index contributed by atoms with van der Waals surface area (Å²) in [6, 6.07) is 5.28. The Balaban J connectivity index is 2.52. The van der Waals surface area contributed by atoms with Crippen molar-refractivity contribution in [2.24, 2.45) is 0 Å². The van der Waals surface area contributed by atoms with Crippen LogP contribution in [0.4, 0.5) is 9.18 Å². The Bertz CT molecular complexity index is 308. The predicted octanol–water partition coefficient (Wildman–Crippen LogP) is 2.32. The van der Waals surface area contributed by atoms with Gasteiger partial charge in [-0.1, -0.05) is 0 Å². The highest BCUT2D eigenvalue weighted by atomic mass is 19.1. The van der Waals surface area contributed by atoms with Gasteiger partial charge in [-0.05, 0) is 38.1 Å². The van der Waals surface area contributed by atoms with E-state index in [0.29, 0.717) is 5.75 Å². The second-order valence-corrected chi connectivity index (χ2v) is 3.14. The minimum atomic E-state index is -0.536. The highest BCUT2D eigenvalue weighted by Gasteiger charge is 2.04. The van der Waals surface area contributed by atoms with Gasteiger partial charge in [0.05, 0.1) is 0 Å². The minimum absolute atomic E-state index is 0.0166. The van der Waals surface area contributed by atoms with Crippen LogP contribution in [-0.4, -0.2) is 12.1 Å². The number of ether oxygens (including phenoxy) is 1. The zero-order valence-corrected chi connectivity index (χ0v) is 8.08. The first kappa shape index (κ1) is 10.5. The molecular weight excluding hydrogens is 185 g/mol. The van der Waals surface area contributed by atoms with Crippen molar-refractivity contribution in [3.05, 3.63) is 30.1 Å². The molecule has 0 radical (unpaired) electrons. The van der Waals surface area contributed by atoms with Crippen molar-refractivity contribution in [3.63, 3.8) is 0 Å². The fraction of sp³-hybridized carbons (Fsp3) is 0.300. The Hall–Kier alpha value is -1.58. The summed E-state index contributed by atoms with van der Waals surface area (Å²) in [5, 5.41) is 2.55. The van der Waals surface area contributed by atoms with E-state index in [2.05, 4.69) is 5.32 Å². The van der Waals surface area contributed by atoms with Crippen molar-refractivity contribution >= 4 is 6.09 Å². The molecule has 0 saturated carbocycles. The number of nitrogens with one attached hydrogen (secondary N) is 1. The third kappa shape index (κ3) is 3.43. The van der Waals surface area contributed by atoms with E-state index in [1.165, 1.54) is 24.3 Å². The number of carbonyl (C=O) groups excluding carboxylic acids is 1. The molecule has 0 fully saturated rings. The lowest BCUT2D eigenvalue weighted by Crippen LogP contribution is -2.32. The molecule has 0 saturated heterocycles. The van der Waals surface area contributed by atoms with Crippen LogP contribution in [0.15, 0.2) is 24.3 Å². The fourth-order valence-electron chi connectivity index (χ4n) is 0.875. The maximum absolute atomic E-state index is 12.5. The first-order valence-electron chi connectivity index (χ1n) is 4.32. The van der Waals surface area contributed by atoms with Crippen LogP contribution < -0.4 is 10.1 Å². The molecule has 0 aliphatic carbocycles. The average Bonchev–Trinajstić information content (AvgIpc) is 2.07. The molecule has 1 N–H and O–H groups in total. The van der Waals surface area contributed by atoms with Crippen LogP contribution in [0, 0.1) is 5.82 Å². The maximum atomic E-state index is 12.5. The lowest BCUT2D eigenvalue weighted by molar-refractivity contribution is 0.197. The summed E-state index contributed by atoms with van der Waals surface area (Å²) in [5.74, 6) is -0.0360. The fourth-order valence-corrected chi connectivity index (χ4v) is 0.875. The highest BCUT2D eigenvalue weighted by Crippen LogP contribution is 2.10. The van der Waals surface area contributed by atoms with Crippen LogP contribution in [0.25, 0.3) is 0 Å². The topological polar surface area (TPSA) is 38.3 Å². The second-order valence-electron chi connectivity index (χ2n) is 3.14. The summed E-state index contributed by atoms with van der Waals surface area (Å²) in [5.41, 5.74) is 0. The number of amides is 1. The summed E-state index contributed by atoms with van der Waals surface area (Å²) in [7, 11) is 0. The zero-order chi connectivity index (χ0) is 10.6. The molecule has 0 unspecified atom stereocenters. The summed E-state index contributed by atoms with van der Waals surface area (Å²) in [6.45, 7) is 3.65. The quantitative estimate of drug-likeness (QED) is 0.790. The second kappa shape index (κ2) is 4.60. The van der Waals surface area contributed by atoms with Crippen molar-refractivity contribution < 1.29 is 13.9 Å². The van der Waals surface area contributed by atoms with Gasteiger partial charge in [-0.15, -0.1) is 0 Å². The molecule has 1 rings (SSSR count). The largest absolute Gasteiger partial charge is 0.412 e. The molecule has 4 heteroatoms. The molecule has 3 nitrogen and oxygen atoms in total. The Kier molecular flexibility index (Phi) is 3.45. The van der Waals surface area contributed by atoms with Gasteiger partial charge in [0.1, 0.15) is 11.6 Å². The Morgan fingerprint density at radius 3 is 2.43 bits per heavy atom. The summed E-state index contributed by atoms with van der Waals surface area (Å²) < 4.78 is 17.3. The van der Waals surface area contributed by atoms with E-state index >= 15 is 0 Å². The van der Waals surface area contributed by atoms with Gasteiger partial charge in [-0.2, -0.15) is 0 Å². The number of benzene rings is 1. The van der Waals surface area contributed by atoms with Gasteiger partial charge in [-0.3, -0.25) is 0 Å². The first-order chi connectivity index (χ1) is 6.58. The number of hydrogen-bond donors (Lipinski definition) is 1. The molecule has 0 spiro atoms. The van der Waals surface area contributed by atoms with Gasteiger partial charge in [0.25, 0.3) is 0 Å². The van der Waals surface area contributed by atoms with Crippen LogP contribution in [0.1, 0.15) is 13.8 Å². The van der Waals surface area contributed by atoms with Gasteiger partial charge in [0, 0.05) is 6.04 Å². The third-order valence-corrected chi connectivity index (χ3v) is 1.43. The van der Waals surface area contributed by atoms with E-state index in [9.17, 15) is 9.18 Å². The highest BCUT2D eigenvalue weighted by molar-refractivity contribution is 5.70. The Morgan fingerprint density at radius 2 is 1.93 bits per heavy atom. The van der Waals surface area contributed by atoms with Crippen LogP contribution in [0.2, 0.25) is 0 Å².